The van der Waals surface area contributed by atoms with E-state index in [-0.39, 0.29) is 37.0 Å². The Labute approximate surface area is 317 Å². The van der Waals surface area contributed by atoms with Gasteiger partial charge in [0.15, 0.2) is 13.2 Å². The Hall–Kier alpha value is -4.49. The van der Waals surface area contributed by atoms with Gasteiger partial charge in [-0.15, -0.1) is 0 Å². The van der Waals surface area contributed by atoms with E-state index in [9.17, 15) is 14.7 Å². The van der Waals surface area contributed by atoms with Crippen molar-refractivity contribution < 1.29 is 43.2 Å². The number of anilines is 2. The first-order chi connectivity index (χ1) is 26.0. The van der Waals surface area contributed by atoms with Gasteiger partial charge < -0.3 is 38.6 Å². The number of nitrogens with zero attached hydrogens (tertiary/aromatic N) is 3. The van der Waals surface area contributed by atoms with Crippen molar-refractivity contribution in [2.75, 3.05) is 63.0 Å². The first-order valence-corrected chi connectivity index (χ1v) is 18.9. The fourth-order valence-electron chi connectivity index (χ4n) is 7.24. The van der Waals surface area contributed by atoms with Gasteiger partial charge >= 0.3 is 5.97 Å². The van der Waals surface area contributed by atoms with E-state index >= 15 is 4.79 Å². The molecule has 12 nitrogen and oxygen atoms in total. The van der Waals surface area contributed by atoms with E-state index in [0.29, 0.717) is 62.9 Å². The van der Waals surface area contributed by atoms with Crippen LogP contribution in [0.1, 0.15) is 64.9 Å². The van der Waals surface area contributed by atoms with Crippen molar-refractivity contribution >= 4 is 29.2 Å². The van der Waals surface area contributed by atoms with Gasteiger partial charge in [0.2, 0.25) is 12.3 Å². The van der Waals surface area contributed by atoms with Crippen molar-refractivity contribution in [2.24, 2.45) is 5.92 Å². The summed E-state index contributed by atoms with van der Waals surface area (Å²) in [4.78, 5) is 45.3. The van der Waals surface area contributed by atoms with Crippen LogP contribution in [-0.2, 0) is 28.6 Å². The zero-order valence-electron chi connectivity index (χ0n) is 32.0. The molecule has 2 aliphatic heterocycles. The highest BCUT2D eigenvalue weighted by atomic mass is 16.6. The number of methoxy groups -OCH3 is 1. The van der Waals surface area contributed by atoms with E-state index in [1.807, 2.05) is 85.2 Å². The highest BCUT2D eigenvalue weighted by Crippen LogP contribution is 2.43. The summed E-state index contributed by atoms with van der Waals surface area (Å²) in [5.41, 5.74) is 3.78. The summed E-state index contributed by atoms with van der Waals surface area (Å²) in [6.07, 6.45) is 1.88. The zero-order chi connectivity index (χ0) is 38.4. The molecule has 1 saturated carbocycles. The lowest BCUT2D eigenvalue weighted by Gasteiger charge is -2.43. The van der Waals surface area contributed by atoms with Gasteiger partial charge in [0.05, 0.1) is 23.8 Å². The molecule has 0 bridgehead atoms. The van der Waals surface area contributed by atoms with Gasteiger partial charge in [0, 0.05) is 45.1 Å². The Bertz CT molecular complexity index is 1770. The number of fused-ring (bicyclic) bond motifs is 1. The number of hydrogen-bond donors (Lipinski definition) is 1. The molecule has 0 spiro atoms. The molecular weight excluding hydrogens is 690 g/mol. The van der Waals surface area contributed by atoms with E-state index in [1.54, 1.807) is 18.9 Å². The minimum atomic E-state index is -1.17. The van der Waals surface area contributed by atoms with Crippen LogP contribution in [0.3, 0.4) is 0 Å². The third-order valence-corrected chi connectivity index (χ3v) is 9.94. The maximum atomic E-state index is 15.1. The fourth-order valence-corrected chi connectivity index (χ4v) is 7.24. The number of ether oxygens (including phenoxy) is 5. The highest BCUT2D eigenvalue weighted by Gasteiger charge is 2.44. The predicted molar refractivity (Wildman–Crippen MR) is 205 cm³/mol. The van der Waals surface area contributed by atoms with E-state index in [1.165, 1.54) is 0 Å². The standard InChI is InChI=1S/C42H53N3O9/c1-6-51-39(47)27-52-33-16-11-28(12-17-33)29-9-7-10-30(23-29)34-19-21-43(41(49)54-42(2,3)4)25-35(34)40(48)45(31-13-14-31)32-15-18-37-36(24-32)44(20-8-22-50-5)38(46)26-53-37/h7,9-12,15-18,23-24,31,34-35,41,49H,6,8,13-14,19-22,25-27H2,1-5H3/t34-,35+,41?/m1/s1. The number of hydrogen-bond acceptors (Lipinski definition) is 10. The Morgan fingerprint density at radius 3 is 2.50 bits per heavy atom. The topological polar surface area (TPSA) is 127 Å². The average Bonchev–Trinajstić information content (AvgIpc) is 4.00. The second-order valence-corrected chi connectivity index (χ2v) is 15.1. The first kappa shape index (κ1) is 39.2. The molecule has 2 fully saturated rings. The monoisotopic (exact) mass is 743 g/mol. The number of aliphatic hydroxyl groups is 1. The zero-order valence-corrected chi connectivity index (χ0v) is 32.0. The van der Waals surface area contributed by atoms with E-state index in [4.69, 9.17) is 23.7 Å². The number of aliphatic hydroxyl groups excluding tert-OH is 1. The largest absolute Gasteiger partial charge is 0.482 e. The average molecular weight is 744 g/mol. The maximum Gasteiger partial charge on any atom is 0.344 e. The number of benzene rings is 3. The van der Waals surface area contributed by atoms with Gasteiger partial charge in [-0.3, -0.25) is 14.5 Å². The summed E-state index contributed by atoms with van der Waals surface area (Å²) < 4.78 is 27.6. The van der Waals surface area contributed by atoms with E-state index in [0.717, 1.165) is 35.2 Å². The third kappa shape index (κ3) is 9.59. The van der Waals surface area contributed by atoms with Crippen LogP contribution < -0.4 is 19.3 Å². The van der Waals surface area contributed by atoms with Gasteiger partial charge in [-0.2, -0.15) is 0 Å². The van der Waals surface area contributed by atoms with Crippen LogP contribution in [0.4, 0.5) is 11.4 Å². The molecule has 1 unspecified atom stereocenters. The summed E-state index contributed by atoms with van der Waals surface area (Å²) in [5.74, 6) is -0.0489. The van der Waals surface area contributed by atoms with Crippen molar-refractivity contribution in [3.05, 3.63) is 72.3 Å². The Morgan fingerprint density at radius 2 is 1.80 bits per heavy atom. The van der Waals surface area contributed by atoms with Crippen LogP contribution >= 0.6 is 0 Å². The third-order valence-electron chi connectivity index (χ3n) is 9.94. The normalized spacial score (nSPS) is 19.4. The number of esters is 1. The summed E-state index contributed by atoms with van der Waals surface area (Å²) in [6.45, 7) is 9.40. The molecule has 3 aromatic rings. The summed E-state index contributed by atoms with van der Waals surface area (Å²) in [5, 5.41) is 11.2. The van der Waals surface area contributed by atoms with Gasteiger partial charge in [-0.05, 0) is 106 Å². The van der Waals surface area contributed by atoms with Crippen molar-refractivity contribution in [1.29, 1.82) is 0 Å². The van der Waals surface area contributed by atoms with Gasteiger partial charge in [-0.1, -0.05) is 36.4 Å². The second kappa shape index (κ2) is 17.3. The molecule has 0 aromatic heterocycles. The van der Waals surface area contributed by atoms with E-state index < -0.39 is 23.9 Å². The lowest BCUT2D eigenvalue weighted by atomic mass is 9.78. The molecule has 1 aliphatic carbocycles. The minimum absolute atomic E-state index is 0.0281. The van der Waals surface area contributed by atoms with Crippen LogP contribution in [0, 0.1) is 5.92 Å². The molecule has 290 valence electrons. The van der Waals surface area contributed by atoms with Crippen LogP contribution in [0.5, 0.6) is 11.5 Å². The predicted octanol–water partition coefficient (Wildman–Crippen LogP) is 5.75. The van der Waals surface area contributed by atoms with Crippen LogP contribution in [0.2, 0.25) is 0 Å². The molecule has 1 N–H and O–H groups in total. The quantitative estimate of drug-likeness (QED) is 0.117. The van der Waals surface area contributed by atoms with Crippen molar-refractivity contribution in [3.8, 4) is 22.6 Å². The van der Waals surface area contributed by atoms with Crippen molar-refractivity contribution in [1.82, 2.24) is 4.90 Å². The first-order valence-electron chi connectivity index (χ1n) is 18.9. The highest BCUT2D eigenvalue weighted by molar-refractivity contribution is 6.01. The molecule has 6 rings (SSSR count). The molecular formula is C42H53N3O9. The van der Waals surface area contributed by atoms with E-state index in [2.05, 4.69) is 12.1 Å². The SMILES string of the molecule is CCOC(=O)COc1ccc(-c2cccc([C@H]3CCN(C(O)OC(C)(C)C)C[C@@H]3C(=O)N(c3ccc4c(c3)N(CCCOC)C(=O)CO4)C3CC3)c2)cc1. The number of carbonyl (C=O) groups excluding carboxylic acids is 3. The number of amides is 2. The molecule has 3 aliphatic rings. The summed E-state index contributed by atoms with van der Waals surface area (Å²) in [6, 6.07) is 21.5. The maximum absolute atomic E-state index is 15.1. The fraction of sp³-hybridized carbons (Fsp3) is 0.500. The molecule has 2 amide bonds. The molecule has 1 saturated heterocycles. The van der Waals surface area contributed by atoms with Crippen molar-refractivity contribution in [2.45, 2.75) is 77.4 Å². The van der Waals surface area contributed by atoms with Crippen LogP contribution in [0.15, 0.2) is 66.7 Å². The Balaban J connectivity index is 1.29. The molecule has 0 radical (unpaired) electrons. The molecule has 12 heteroatoms. The number of rotatable bonds is 15. The van der Waals surface area contributed by atoms with Gasteiger partial charge in [-0.25, -0.2) is 4.79 Å². The van der Waals surface area contributed by atoms with Crippen LogP contribution in [0.25, 0.3) is 11.1 Å². The number of carbonyl (C=O) groups is 3. The lowest BCUT2D eigenvalue weighted by molar-refractivity contribution is -0.245. The van der Waals surface area contributed by atoms with Gasteiger partial charge in [0.1, 0.15) is 11.5 Å². The smallest absolute Gasteiger partial charge is 0.344 e. The molecule has 54 heavy (non-hydrogen) atoms. The number of likely N-dealkylation sites (tertiary alicyclic amines) is 1. The van der Waals surface area contributed by atoms with Crippen LogP contribution in [-0.4, -0.2) is 99.0 Å². The molecule has 3 atom stereocenters. The summed E-state index contributed by atoms with van der Waals surface area (Å²) >= 11 is 0. The Morgan fingerprint density at radius 1 is 1.02 bits per heavy atom. The van der Waals surface area contributed by atoms with Gasteiger partial charge in [0.25, 0.3) is 5.91 Å². The Kier molecular flexibility index (Phi) is 12.6. The second-order valence-electron chi connectivity index (χ2n) is 15.1. The lowest BCUT2D eigenvalue weighted by Crippen LogP contribution is -2.53. The molecule has 3 aromatic carbocycles. The van der Waals surface area contributed by atoms with Crippen molar-refractivity contribution in [3.63, 3.8) is 0 Å². The summed E-state index contributed by atoms with van der Waals surface area (Å²) in [7, 11) is 1.64. The minimum Gasteiger partial charge on any atom is -0.482 e. The molecule has 2 heterocycles. The number of piperidine rings is 1.